The molecule has 1 fully saturated rings. The Kier molecular flexibility index (Phi) is 1.68. The Labute approximate surface area is 90.9 Å². The highest BCUT2D eigenvalue weighted by Crippen LogP contribution is 2.41. The molecule has 0 saturated heterocycles. The number of anilines is 1. The van der Waals surface area contributed by atoms with Crippen molar-refractivity contribution in [1.29, 1.82) is 0 Å². The minimum Gasteiger partial charge on any atom is -0.399 e. The van der Waals surface area contributed by atoms with Gasteiger partial charge in [-0.15, -0.1) is 0 Å². The molecule has 1 aliphatic rings. The average molecular weight is 218 g/mol. The minimum atomic E-state index is -0.458. The summed E-state index contributed by atoms with van der Waals surface area (Å²) in [5.41, 5.74) is 6.62. The van der Waals surface area contributed by atoms with E-state index in [0.29, 0.717) is 17.1 Å². The van der Waals surface area contributed by atoms with E-state index in [-0.39, 0.29) is 5.82 Å². The van der Waals surface area contributed by atoms with E-state index in [4.69, 9.17) is 5.73 Å². The molecule has 1 aliphatic carbocycles. The second-order valence-electron chi connectivity index (χ2n) is 4.04. The number of rotatable bonds is 2. The van der Waals surface area contributed by atoms with E-state index in [0.717, 1.165) is 18.7 Å². The summed E-state index contributed by atoms with van der Waals surface area (Å²) in [7, 11) is 0. The number of nitrogens with two attached hydrogens (primary N) is 1. The van der Waals surface area contributed by atoms with Crippen LogP contribution in [0.5, 0.6) is 0 Å². The normalized spacial score (nSPS) is 15.5. The van der Waals surface area contributed by atoms with Crippen LogP contribution in [0.2, 0.25) is 0 Å². The van der Waals surface area contributed by atoms with Gasteiger partial charge in [-0.25, -0.2) is 0 Å². The zero-order valence-electron chi connectivity index (χ0n) is 8.46. The number of imidazole rings is 1. The maximum absolute atomic E-state index is 10.9. The zero-order valence-corrected chi connectivity index (χ0v) is 8.46. The van der Waals surface area contributed by atoms with Gasteiger partial charge in [0.05, 0.1) is 0 Å². The van der Waals surface area contributed by atoms with Crippen molar-refractivity contribution < 1.29 is 4.92 Å². The van der Waals surface area contributed by atoms with Crippen molar-refractivity contribution in [2.24, 2.45) is 0 Å². The van der Waals surface area contributed by atoms with Crippen LogP contribution >= 0.6 is 0 Å². The highest BCUT2D eigenvalue weighted by Gasteiger charge is 2.35. The van der Waals surface area contributed by atoms with Gasteiger partial charge < -0.3 is 15.8 Å². The lowest BCUT2D eigenvalue weighted by Crippen LogP contribution is -1.93. The smallest absolute Gasteiger partial charge is 0.389 e. The fourth-order valence-corrected chi connectivity index (χ4v) is 1.87. The van der Waals surface area contributed by atoms with Crippen molar-refractivity contribution >= 4 is 17.0 Å². The van der Waals surface area contributed by atoms with E-state index in [1.54, 1.807) is 22.7 Å². The Hall–Kier alpha value is -2.11. The van der Waals surface area contributed by atoms with Crippen LogP contribution < -0.4 is 5.73 Å². The molecule has 0 aliphatic heterocycles. The van der Waals surface area contributed by atoms with Gasteiger partial charge in [0.15, 0.2) is 0 Å². The Morgan fingerprint density at radius 2 is 2.31 bits per heavy atom. The van der Waals surface area contributed by atoms with Crippen molar-refractivity contribution in [3.63, 3.8) is 0 Å². The Morgan fingerprint density at radius 3 is 2.94 bits per heavy atom. The first-order valence-electron chi connectivity index (χ1n) is 5.08. The van der Waals surface area contributed by atoms with E-state index in [1.165, 1.54) is 0 Å². The van der Waals surface area contributed by atoms with Crippen molar-refractivity contribution in [3.05, 3.63) is 34.3 Å². The van der Waals surface area contributed by atoms with Gasteiger partial charge in [-0.05, 0) is 34.9 Å². The summed E-state index contributed by atoms with van der Waals surface area (Å²) < 4.78 is 1.77. The lowest BCUT2D eigenvalue weighted by molar-refractivity contribution is -0.387. The number of fused-ring (bicyclic) bond motifs is 1. The molecule has 0 atom stereocenters. The van der Waals surface area contributed by atoms with Crippen LogP contribution in [0.4, 0.5) is 11.5 Å². The molecule has 0 radical (unpaired) electrons. The summed E-state index contributed by atoms with van der Waals surface area (Å²) >= 11 is 0. The molecular weight excluding hydrogens is 208 g/mol. The second kappa shape index (κ2) is 2.94. The standard InChI is InChI=1S/C10H10N4O2/c11-7-3-4-13-8(5-7)10(14(15)16)12-9(13)6-1-2-6/h3-6H,1-2,11H2. The summed E-state index contributed by atoms with van der Waals surface area (Å²) in [6.07, 6.45) is 3.86. The average Bonchev–Trinajstić information content (AvgIpc) is 2.99. The third kappa shape index (κ3) is 1.23. The van der Waals surface area contributed by atoms with Crippen molar-refractivity contribution in [2.75, 3.05) is 5.73 Å². The topological polar surface area (TPSA) is 86.5 Å². The number of pyridine rings is 1. The molecular formula is C10H10N4O2. The summed E-state index contributed by atoms with van der Waals surface area (Å²) in [6, 6.07) is 3.32. The molecule has 0 bridgehead atoms. The molecule has 2 aromatic heterocycles. The van der Waals surface area contributed by atoms with Gasteiger partial charge in [0.2, 0.25) is 5.82 Å². The quantitative estimate of drug-likeness (QED) is 0.614. The molecule has 0 unspecified atom stereocenters. The SMILES string of the molecule is Nc1ccn2c(C3CC3)nc([N+](=O)[O-])c2c1. The number of nitrogens with zero attached hydrogens (tertiary/aromatic N) is 3. The van der Waals surface area contributed by atoms with E-state index < -0.39 is 4.92 Å². The van der Waals surface area contributed by atoms with E-state index in [1.807, 2.05) is 0 Å². The second-order valence-corrected chi connectivity index (χ2v) is 4.04. The first-order valence-corrected chi connectivity index (χ1v) is 5.08. The van der Waals surface area contributed by atoms with Gasteiger partial charge in [-0.2, -0.15) is 0 Å². The van der Waals surface area contributed by atoms with Crippen LogP contribution in [-0.4, -0.2) is 14.3 Å². The van der Waals surface area contributed by atoms with Crippen LogP contribution in [-0.2, 0) is 0 Å². The van der Waals surface area contributed by atoms with Crippen molar-refractivity contribution in [1.82, 2.24) is 9.38 Å². The lowest BCUT2D eigenvalue weighted by Gasteiger charge is -1.96. The predicted octanol–water partition coefficient (Wildman–Crippen LogP) is 1.70. The molecule has 82 valence electrons. The van der Waals surface area contributed by atoms with Gasteiger partial charge >= 0.3 is 5.82 Å². The van der Waals surface area contributed by atoms with Gasteiger partial charge in [0, 0.05) is 17.8 Å². The van der Waals surface area contributed by atoms with Crippen LogP contribution in [0.15, 0.2) is 18.3 Å². The van der Waals surface area contributed by atoms with E-state index in [9.17, 15) is 10.1 Å². The number of hydrogen-bond acceptors (Lipinski definition) is 4. The molecule has 2 heterocycles. The van der Waals surface area contributed by atoms with Gasteiger partial charge in [0.1, 0.15) is 5.52 Å². The third-order valence-corrected chi connectivity index (χ3v) is 2.79. The van der Waals surface area contributed by atoms with Gasteiger partial charge in [-0.3, -0.25) is 4.40 Å². The maximum atomic E-state index is 10.9. The molecule has 3 rings (SSSR count). The fourth-order valence-electron chi connectivity index (χ4n) is 1.87. The Balaban J connectivity index is 2.32. The van der Waals surface area contributed by atoms with Crippen LogP contribution in [0.25, 0.3) is 5.52 Å². The summed E-state index contributed by atoms with van der Waals surface area (Å²) in [5.74, 6) is 1.04. The molecule has 16 heavy (non-hydrogen) atoms. The molecule has 6 heteroatoms. The molecule has 0 spiro atoms. The number of nitrogen functional groups attached to an aromatic ring is 1. The summed E-state index contributed by atoms with van der Waals surface area (Å²) in [4.78, 5) is 14.5. The van der Waals surface area contributed by atoms with Crippen molar-refractivity contribution in [3.8, 4) is 0 Å². The van der Waals surface area contributed by atoms with Crippen molar-refractivity contribution in [2.45, 2.75) is 18.8 Å². The molecule has 0 aromatic carbocycles. The number of hydrogen-bond donors (Lipinski definition) is 1. The number of nitro groups is 1. The third-order valence-electron chi connectivity index (χ3n) is 2.79. The highest BCUT2D eigenvalue weighted by atomic mass is 16.6. The Bertz CT molecular complexity index is 586. The molecule has 2 N–H and O–H groups in total. The monoisotopic (exact) mass is 218 g/mol. The summed E-state index contributed by atoms with van der Waals surface area (Å²) in [6.45, 7) is 0. The zero-order chi connectivity index (χ0) is 11.3. The summed E-state index contributed by atoms with van der Waals surface area (Å²) in [5, 5.41) is 10.9. The number of aromatic nitrogens is 2. The van der Waals surface area contributed by atoms with E-state index in [2.05, 4.69) is 4.98 Å². The fraction of sp³-hybridized carbons (Fsp3) is 0.300. The van der Waals surface area contributed by atoms with Crippen LogP contribution in [0.3, 0.4) is 0 Å². The molecule has 0 amide bonds. The maximum Gasteiger partial charge on any atom is 0.389 e. The highest BCUT2D eigenvalue weighted by molar-refractivity contribution is 5.67. The largest absolute Gasteiger partial charge is 0.399 e. The van der Waals surface area contributed by atoms with Crippen LogP contribution in [0.1, 0.15) is 24.6 Å². The Morgan fingerprint density at radius 1 is 1.56 bits per heavy atom. The molecule has 6 nitrogen and oxygen atoms in total. The molecule has 2 aromatic rings. The first-order chi connectivity index (χ1) is 7.66. The van der Waals surface area contributed by atoms with Gasteiger partial charge in [0.25, 0.3) is 0 Å². The lowest BCUT2D eigenvalue weighted by atomic mass is 10.3. The minimum absolute atomic E-state index is 0.103. The van der Waals surface area contributed by atoms with Gasteiger partial charge in [-0.1, -0.05) is 0 Å². The van der Waals surface area contributed by atoms with Crippen LogP contribution in [0, 0.1) is 10.1 Å². The van der Waals surface area contributed by atoms with E-state index >= 15 is 0 Å². The predicted molar refractivity (Wildman–Crippen MR) is 58.2 cm³/mol. The molecule has 1 saturated carbocycles. The first kappa shape index (κ1) is 9.14.